The van der Waals surface area contributed by atoms with Gasteiger partial charge in [0.2, 0.25) is 0 Å². The van der Waals surface area contributed by atoms with Crippen LogP contribution in [0.1, 0.15) is 0 Å². The number of nitrogens with one attached hydrogen (secondary N) is 1. The van der Waals surface area contributed by atoms with Crippen molar-refractivity contribution >= 4 is 28.6 Å². The highest BCUT2D eigenvalue weighted by Crippen LogP contribution is 2.18. The smallest absolute Gasteiger partial charge is 0.349 e. The molecule has 5 nitrogen and oxygen atoms in total. The van der Waals surface area contributed by atoms with Gasteiger partial charge in [-0.25, -0.2) is 9.78 Å². The number of aromatic amines is 1. The number of carbonyl (C=O) groups excluding carboxylic acids is 1. The largest absolute Gasteiger partial charge is 0.482 e. The van der Waals surface area contributed by atoms with Crippen LogP contribution in [0.4, 0.5) is 0 Å². The van der Waals surface area contributed by atoms with Crippen molar-refractivity contribution in [2.24, 2.45) is 0 Å². The number of hydrogen-bond donors (Lipinski definition) is 1. The van der Waals surface area contributed by atoms with Crippen LogP contribution in [-0.4, -0.2) is 22.5 Å². The van der Waals surface area contributed by atoms with E-state index in [1.165, 1.54) is 0 Å². The monoisotopic (exact) mass is 302 g/mol. The molecule has 3 aromatic rings. The van der Waals surface area contributed by atoms with E-state index in [-0.39, 0.29) is 6.61 Å². The van der Waals surface area contributed by atoms with Crippen LogP contribution < -0.4 is 9.47 Å². The molecule has 21 heavy (non-hydrogen) atoms. The molecule has 0 saturated heterocycles. The number of aromatic nitrogens is 2. The number of rotatable bonds is 4. The van der Waals surface area contributed by atoms with Crippen molar-refractivity contribution in [2.75, 3.05) is 6.61 Å². The van der Waals surface area contributed by atoms with E-state index >= 15 is 0 Å². The molecule has 0 fully saturated rings. The lowest BCUT2D eigenvalue weighted by molar-refractivity contribution is -0.136. The SMILES string of the molecule is O=C(COc1ccc(Cl)cc1)Oc1ccc2nc[nH]c2c1. The molecule has 1 N–H and O–H groups in total. The van der Waals surface area contributed by atoms with Crippen molar-refractivity contribution in [3.05, 3.63) is 53.8 Å². The Hall–Kier alpha value is -2.53. The van der Waals surface area contributed by atoms with E-state index in [1.54, 1.807) is 48.8 Å². The number of esters is 1. The molecule has 0 spiro atoms. The first-order valence-electron chi connectivity index (χ1n) is 6.23. The third kappa shape index (κ3) is 3.32. The highest BCUT2D eigenvalue weighted by molar-refractivity contribution is 6.30. The number of ether oxygens (including phenoxy) is 2. The van der Waals surface area contributed by atoms with Gasteiger partial charge in [0.25, 0.3) is 0 Å². The van der Waals surface area contributed by atoms with Crippen molar-refractivity contribution in [3.63, 3.8) is 0 Å². The molecular formula is C15H11ClN2O3. The molecule has 0 aliphatic carbocycles. The first kappa shape index (κ1) is 13.5. The Kier molecular flexibility index (Phi) is 3.75. The second-order valence-corrected chi connectivity index (χ2v) is 4.73. The summed E-state index contributed by atoms with van der Waals surface area (Å²) in [5.41, 5.74) is 1.62. The number of imidazole rings is 1. The van der Waals surface area contributed by atoms with E-state index in [2.05, 4.69) is 9.97 Å². The fourth-order valence-corrected chi connectivity index (χ4v) is 1.94. The van der Waals surface area contributed by atoms with E-state index < -0.39 is 5.97 Å². The number of H-pyrrole nitrogens is 1. The molecular weight excluding hydrogens is 292 g/mol. The normalized spacial score (nSPS) is 10.5. The number of nitrogens with zero attached hydrogens (tertiary/aromatic N) is 1. The Bertz CT molecular complexity index is 768. The van der Waals surface area contributed by atoms with Crippen LogP contribution in [-0.2, 0) is 4.79 Å². The minimum atomic E-state index is -0.483. The lowest BCUT2D eigenvalue weighted by Crippen LogP contribution is -2.17. The third-order valence-electron chi connectivity index (χ3n) is 2.79. The fraction of sp³-hybridized carbons (Fsp3) is 0.0667. The highest BCUT2D eigenvalue weighted by atomic mass is 35.5. The van der Waals surface area contributed by atoms with E-state index in [9.17, 15) is 4.79 Å². The van der Waals surface area contributed by atoms with Gasteiger partial charge in [0, 0.05) is 11.1 Å². The minimum Gasteiger partial charge on any atom is -0.482 e. The molecule has 0 atom stereocenters. The molecule has 0 amide bonds. The number of fused-ring (bicyclic) bond motifs is 1. The lowest BCUT2D eigenvalue weighted by atomic mass is 10.3. The Morgan fingerprint density at radius 2 is 1.90 bits per heavy atom. The standard InChI is InChI=1S/C15H11ClN2O3/c16-10-1-3-11(4-2-10)20-8-15(19)21-12-5-6-13-14(7-12)18-9-17-13/h1-7,9H,8H2,(H,17,18). The molecule has 0 aliphatic rings. The molecule has 1 aromatic heterocycles. The van der Waals surface area contributed by atoms with Crippen LogP contribution >= 0.6 is 11.6 Å². The van der Waals surface area contributed by atoms with Crippen molar-refractivity contribution < 1.29 is 14.3 Å². The van der Waals surface area contributed by atoms with Crippen LogP contribution in [0.15, 0.2) is 48.8 Å². The van der Waals surface area contributed by atoms with Crippen molar-refractivity contribution in [1.82, 2.24) is 9.97 Å². The van der Waals surface area contributed by atoms with Gasteiger partial charge in [0.1, 0.15) is 11.5 Å². The van der Waals surface area contributed by atoms with Crippen LogP contribution in [0.3, 0.4) is 0 Å². The minimum absolute atomic E-state index is 0.178. The summed E-state index contributed by atoms with van der Waals surface area (Å²) in [5, 5.41) is 0.609. The van der Waals surface area contributed by atoms with Crippen LogP contribution in [0.25, 0.3) is 11.0 Å². The predicted octanol–water partition coefficient (Wildman–Crippen LogP) is 3.20. The molecule has 3 rings (SSSR count). The summed E-state index contributed by atoms with van der Waals surface area (Å²) in [6.45, 7) is -0.178. The number of halogens is 1. The van der Waals surface area contributed by atoms with Gasteiger partial charge < -0.3 is 14.5 Å². The maximum Gasteiger partial charge on any atom is 0.349 e. The van der Waals surface area contributed by atoms with E-state index in [1.807, 2.05) is 0 Å². The zero-order valence-corrected chi connectivity index (χ0v) is 11.6. The quantitative estimate of drug-likeness (QED) is 0.594. The first-order valence-corrected chi connectivity index (χ1v) is 6.61. The van der Waals surface area contributed by atoms with Crippen molar-refractivity contribution in [3.8, 4) is 11.5 Å². The predicted molar refractivity (Wildman–Crippen MR) is 78.7 cm³/mol. The zero-order valence-electron chi connectivity index (χ0n) is 10.9. The molecule has 0 aliphatic heterocycles. The Morgan fingerprint density at radius 3 is 2.71 bits per heavy atom. The lowest BCUT2D eigenvalue weighted by Gasteiger charge is -2.06. The number of benzene rings is 2. The molecule has 6 heteroatoms. The first-order chi connectivity index (χ1) is 10.2. The van der Waals surface area contributed by atoms with Gasteiger partial charge in [0.15, 0.2) is 6.61 Å². The van der Waals surface area contributed by atoms with Gasteiger partial charge in [-0.05, 0) is 36.4 Å². The zero-order chi connectivity index (χ0) is 14.7. The van der Waals surface area contributed by atoms with Crippen molar-refractivity contribution in [1.29, 1.82) is 0 Å². The summed E-state index contributed by atoms with van der Waals surface area (Å²) in [6, 6.07) is 11.9. The topological polar surface area (TPSA) is 64.2 Å². The maximum atomic E-state index is 11.7. The van der Waals surface area contributed by atoms with Gasteiger partial charge in [-0.3, -0.25) is 0 Å². The molecule has 1 heterocycles. The van der Waals surface area contributed by atoms with Crippen molar-refractivity contribution in [2.45, 2.75) is 0 Å². The number of carbonyl (C=O) groups is 1. The Labute approximate surface area is 125 Å². The summed E-state index contributed by atoms with van der Waals surface area (Å²) in [4.78, 5) is 18.8. The fourth-order valence-electron chi connectivity index (χ4n) is 1.81. The van der Waals surface area contributed by atoms with Gasteiger partial charge >= 0.3 is 5.97 Å². The molecule has 0 radical (unpaired) electrons. The Morgan fingerprint density at radius 1 is 1.14 bits per heavy atom. The average Bonchev–Trinajstić information content (AvgIpc) is 2.94. The third-order valence-corrected chi connectivity index (χ3v) is 3.05. The van der Waals surface area contributed by atoms with Crippen LogP contribution in [0, 0.1) is 0 Å². The summed E-state index contributed by atoms with van der Waals surface area (Å²) < 4.78 is 10.5. The van der Waals surface area contributed by atoms with E-state index in [4.69, 9.17) is 21.1 Å². The average molecular weight is 303 g/mol. The van der Waals surface area contributed by atoms with E-state index in [0.717, 1.165) is 11.0 Å². The second kappa shape index (κ2) is 5.85. The summed E-state index contributed by atoms with van der Waals surface area (Å²) in [6.07, 6.45) is 1.58. The number of hydrogen-bond acceptors (Lipinski definition) is 4. The summed E-state index contributed by atoms with van der Waals surface area (Å²) >= 11 is 5.76. The molecule has 2 aromatic carbocycles. The molecule has 0 unspecified atom stereocenters. The Balaban J connectivity index is 1.59. The second-order valence-electron chi connectivity index (χ2n) is 4.30. The van der Waals surface area contributed by atoms with Gasteiger partial charge in [-0.15, -0.1) is 0 Å². The van der Waals surface area contributed by atoms with Gasteiger partial charge in [-0.1, -0.05) is 11.6 Å². The van der Waals surface area contributed by atoms with Gasteiger partial charge in [0.05, 0.1) is 17.4 Å². The molecule has 0 bridgehead atoms. The van der Waals surface area contributed by atoms with Gasteiger partial charge in [-0.2, -0.15) is 0 Å². The maximum absolute atomic E-state index is 11.7. The van der Waals surface area contributed by atoms with Crippen LogP contribution in [0.5, 0.6) is 11.5 Å². The van der Waals surface area contributed by atoms with E-state index in [0.29, 0.717) is 16.5 Å². The highest BCUT2D eigenvalue weighted by Gasteiger charge is 2.07. The molecule has 106 valence electrons. The summed E-state index contributed by atoms with van der Waals surface area (Å²) in [5.74, 6) is 0.514. The molecule has 0 saturated carbocycles. The van der Waals surface area contributed by atoms with Crippen LogP contribution in [0.2, 0.25) is 5.02 Å². The summed E-state index contributed by atoms with van der Waals surface area (Å²) in [7, 11) is 0.